The number of ether oxygens (including phenoxy) is 2. The number of nitrogens with one attached hydrogen (secondary N) is 2. The average molecular weight is 1360 g/mol. The number of aliphatic hydroxyl groups is 3. The highest BCUT2D eigenvalue weighted by molar-refractivity contribution is 5.85. The van der Waals surface area contributed by atoms with Crippen LogP contribution in [-0.2, 0) is 81.1 Å². The highest BCUT2D eigenvalue weighted by atomic mass is 16.5. The molecular weight excluding hydrogens is 1260 g/mol. The molecule has 0 aliphatic carbocycles. The third kappa shape index (κ3) is 32.5. The molecule has 2 aliphatic rings. The molecular formula is C70H98N4O23. The Balaban J connectivity index is 0.000000479. The van der Waals surface area contributed by atoms with Crippen LogP contribution in [0.2, 0.25) is 0 Å². The number of carboxylic acid groups (broad SMARTS) is 6. The third-order valence-electron chi connectivity index (χ3n) is 16.4. The molecule has 0 aromatic heterocycles. The number of amides is 2. The maximum atomic E-state index is 13.2. The van der Waals surface area contributed by atoms with Crippen molar-refractivity contribution in [1.82, 2.24) is 20.4 Å². The molecule has 27 heteroatoms. The lowest BCUT2D eigenvalue weighted by Gasteiger charge is -2.45. The normalized spacial score (nSPS) is 19.0. The van der Waals surface area contributed by atoms with Crippen LogP contribution in [0, 0.1) is 35.5 Å². The van der Waals surface area contributed by atoms with Crippen molar-refractivity contribution < 1.29 is 114 Å². The quantitative estimate of drug-likeness (QED) is 0.0316. The highest BCUT2D eigenvalue weighted by Gasteiger charge is 2.41. The van der Waals surface area contributed by atoms with Gasteiger partial charge in [-0.1, -0.05) is 140 Å². The largest absolute Gasteiger partial charge is 0.508 e. The molecule has 2 heterocycles. The number of aromatic hydroxyl groups is 2. The summed E-state index contributed by atoms with van der Waals surface area (Å²) in [6.45, 7) is 22.1. The molecule has 2 aliphatic heterocycles. The van der Waals surface area contributed by atoms with Crippen LogP contribution in [-0.4, -0.2) is 209 Å². The Morgan fingerprint density at radius 1 is 0.485 bits per heavy atom. The fourth-order valence-corrected chi connectivity index (χ4v) is 10.4. The Kier molecular flexibility index (Phi) is 36.8. The zero-order valence-electron chi connectivity index (χ0n) is 56.3. The Bertz CT molecular complexity index is 2920. The van der Waals surface area contributed by atoms with E-state index in [0.29, 0.717) is 62.5 Å². The molecule has 4 aromatic carbocycles. The zero-order chi connectivity index (χ0) is 73.2. The van der Waals surface area contributed by atoms with E-state index >= 15 is 0 Å². The number of benzene rings is 4. The van der Waals surface area contributed by atoms with Crippen LogP contribution >= 0.6 is 0 Å². The van der Waals surface area contributed by atoms with Crippen LogP contribution in [0.15, 0.2) is 109 Å². The number of likely N-dealkylation sites (tertiary alicyclic amines) is 2. The number of carbonyl (C=O) groups excluding carboxylic acids is 4. The summed E-state index contributed by atoms with van der Waals surface area (Å²) in [5, 5.41) is 98.0. The number of aliphatic hydroxyl groups excluding tert-OH is 3. The standard InChI is InChI=1S/2C29H40N2O4.3C4H6O5/c2*1-21(2)20-35-27(33)17-30-28(34)24(15-23-9-6-5-7-10-23)19-31-14-13-29(4,22(3)18-31)25-11-8-12-26(32)16-25;3*5-2(4(8)9)1-3(6)7/h2*5-12,16,21-22,24,32H,13-15,17-20H2,1-4H3,(H,30,34);3*2,5H,1H2,(H,6,7)(H,8,9)/t2*22-,24-,29+;;;/m00.../s1. The van der Waals surface area contributed by atoms with Crippen molar-refractivity contribution in [2.45, 2.75) is 129 Å². The van der Waals surface area contributed by atoms with Gasteiger partial charge in [-0.05, 0) is 120 Å². The van der Waals surface area contributed by atoms with E-state index in [4.69, 9.17) is 55.4 Å². The monoisotopic (exact) mass is 1360 g/mol. The van der Waals surface area contributed by atoms with Gasteiger partial charge in [0.2, 0.25) is 11.8 Å². The number of carboxylic acids is 6. The van der Waals surface area contributed by atoms with E-state index in [1.807, 2.05) is 113 Å². The summed E-state index contributed by atoms with van der Waals surface area (Å²) in [6, 6.07) is 35.2. The maximum Gasteiger partial charge on any atom is 0.333 e. The number of hydrogen-bond donors (Lipinski definition) is 13. The van der Waals surface area contributed by atoms with E-state index in [-0.39, 0.29) is 59.4 Å². The van der Waals surface area contributed by atoms with Crippen molar-refractivity contribution in [3.05, 3.63) is 131 Å². The van der Waals surface area contributed by atoms with Gasteiger partial charge >= 0.3 is 47.8 Å². The molecule has 0 radical (unpaired) electrons. The first kappa shape index (κ1) is 84.1. The Morgan fingerprint density at radius 3 is 1.04 bits per heavy atom. The van der Waals surface area contributed by atoms with Gasteiger partial charge in [0.15, 0.2) is 18.3 Å². The lowest BCUT2D eigenvalue weighted by atomic mass is 9.68. The minimum absolute atomic E-state index is 0.0351. The van der Waals surface area contributed by atoms with Gasteiger partial charge in [0.1, 0.15) is 24.6 Å². The van der Waals surface area contributed by atoms with Crippen molar-refractivity contribution >= 4 is 59.6 Å². The van der Waals surface area contributed by atoms with E-state index in [2.05, 4.69) is 60.3 Å². The van der Waals surface area contributed by atoms with Crippen LogP contribution < -0.4 is 10.6 Å². The first-order valence-corrected chi connectivity index (χ1v) is 31.8. The van der Waals surface area contributed by atoms with Gasteiger partial charge in [-0.2, -0.15) is 0 Å². The number of hydrogen-bond acceptors (Lipinski definition) is 19. The van der Waals surface area contributed by atoms with E-state index in [9.17, 15) is 58.2 Å². The van der Waals surface area contributed by atoms with Crippen LogP contribution in [0.1, 0.15) is 110 Å². The fourth-order valence-electron chi connectivity index (χ4n) is 10.4. The van der Waals surface area contributed by atoms with Gasteiger partial charge in [-0.3, -0.25) is 33.6 Å². The van der Waals surface area contributed by atoms with E-state index in [0.717, 1.165) is 61.3 Å². The predicted octanol–water partition coefficient (Wildman–Crippen LogP) is 5.05. The van der Waals surface area contributed by atoms with Gasteiger partial charge in [-0.25, -0.2) is 14.4 Å². The minimum atomic E-state index is -1.79. The lowest BCUT2D eigenvalue weighted by Crippen LogP contribution is -2.50. The summed E-state index contributed by atoms with van der Waals surface area (Å²) in [5.74, 6) is -8.32. The molecule has 6 rings (SSSR count). The Morgan fingerprint density at radius 2 is 0.794 bits per heavy atom. The number of carbonyl (C=O) groups is 10. The summed E-state index contributed by atoms with van der Waals surface area (Å²) in [4.78, 5) is 113. The molecule has 3 unspecified atom stereocenters. The van der Waals surface area contributed by atoms with Gasteiger partial charge in [0.05, 0.1) is 44.3 Å². The molecule has 9 atom stereocenters. The molecule has 536 valence electrons. The second kappa shape index (κ2) is 42.5. The van der Waals surface area contributed by atoms with E-state index < -0.39 is 85.3 Å². The second-order valence-corrected chi connectivity index (χ2v) is 25.5. The number of esters is 2. The maximum absolute atomic E-state index is 13.2. The van der Waals surface area contributed by atoms with Gasteiger partial charge in [0.25, 0.3) is 0 Å². The zero-order valence-corrected chi connectivity index (χ0v) is 56.3. The summed E-state index contributed by atoms with van der Waals surface area (Å²) >= 11 is 0. The number of nitrogens with zero attached hydrogens (tertiary/aromatic N) is 2. The number of piperidine rings is 2. The summed E-state index contributed by atoms with van der Waals surface area (Å²) in [5.41, 5.74) is 4.44. The third-order valence-corrected chi connectivity index (χ3v) is 16.4. The van der Waals surface area contributed by atoms with Crippen molar-refractivity contribution in [1.29, 1.82) is 0 Å². The molecule has 0 spiro atoms. The average Bonchev–Trinajstić information content (AvgIpc) is 0.794. The number of phenols is 2. The topological polar surface area (TPSA) is 442 Å². The van der Waals surface area contributed by atoms with Crippen molar-refractivity contribution in [2.75, 3.05) is 65.6 Å². The molecule has 2 fully saturated rings. The molecule has 0 bridgehead atoms. The summed E-state index contributed by atoms with van der Waals surface area (Å²) in [7, 11) is 0. The highest BCUT2D eigenvalue weighted by Crippen LogP contribution is 2.42. The molecule has 4 aromatic rings. The first-order chi connectivity index (χ1) is 45.4. The van der Waals surface area contributed by atoms with Crippen LogP contribution in [0.4, 0.5) is 0 Å². The fraction of sp³-hybridized carbons (Fsp3) is 0.514. The van der Waals surface area contributed by atoms with Crippen molar-refractivity contribution in [3.63, 3.8) is 0 Å². The van der Waals surface area contributed by atoms with Crippen LogP contribution in [0.5, 0.6) is 11.5 Å². The van der Waals surface area contributed by atoms with Crippen LogP contribution in [0.25, 0.3) is 0 Å². The van der Waals surface area contributed by atoms with Gasteiger partial charge in [-0.15, -0.1) is 0 Å². The van der Waals surface area contributed by atoms with E-state index in [1.165, 1.54) is 0 Å². The van der Waals surface area contributed by atoms with Crippen LogP contribution in [0.3, 0.4) is 0 Å². The van der Waals surface area contributed by atoms with Gasteiger partial charge in [0, 0.05) is 26.2 Å². The molecule has 2 amide bonds. The first-order valence-electron chi connectivity index (χ1n) is 31.8. The molecule has 97 heavy (non-hydrogen) atoms. The molecule has 2 saturated heterocycles. The molecule has 13 N–H and O–H groups in total. The molecule has 27 nitrogen and oxygen atoms in total. The summed E-state index contributed by atoms with van der Waals surface area (Å²) < 4.78 is 10.4. The SMILES string of the molecule is CC(C)COC(=O)CNC(=O)[C@@H](Cc1ccccc1)CN1CC[C@@](C)(c2cccc(O)c2)[C@@H](C)C1.CC(C)COC(=O)CNC(=O)[C@@H](Cc1ccccc1)CN1CC[C@@](C)(c2cccc(O)c2)[C@@H](C)C1.O=C(O)CC(O)C(=O)O.O=C(O)CC(O)C(=O)O.O=C(O)CC(O)C(=O)O. The number of aliphatic carboxylic acids is 6. The second-order valence-electron chi connectivity index (χ2n) is 25.5. The van der Waals surface area contributed by atoms with Crippen molar-refractivity contribution in [2.24, 2.45) is 35.5 Å². The lowest BCUT2D eigenvalue weighted by molar-refractivity contribution is -0.153. The smallest absolute Gasteiger partial charge is 0.333 e. The minimum Gasteiger partial charge on any atom is -0.508 e. The Hall–Kier alpha value is -9.02. The Labute approximate surface area is 565 Å². The van der Waals surface area contributed by atoms with Crippen molar-refractivity contribution in [3.8, 4) is 11.5 Å². The molecule has 0 saturated carbocycles. The predicted molar refractivity (Wildman–Crippen MR) is 354 cm³/mol. The van der Waals surface area contributed by atoms with Gasteiger partial charge < -0.3 is 86.1 Å². The summed E-state index contributed by atoms with van der Waals surface area (Å²) in [6.07, 6.45) is -4.52. The van der Waals surface area contributed by atoms with E-state index in [1.54, 1.807) is 12.1 Å². The number of rotatable bonds is 29. The number of phenolic OH excluding ortho intramolecular Hbond substituents is 2.